The Morgan fingerprint density at radius 1 is 0.941 bits per heavy atom. The largest absolute Gasteiger partial charge is 0.465 e. The van der Waals surface area contributed by atoms with E-state index >= 15 is 0 Å². The van der Waals surface area contributed by atoms with Gasteiger partial charge in [0.15, 0.2) is 5.76 Å². The van der Waals surface area contributed by atoms with E-state index in [-0.39, 0.29) is 17.1 Å². The van der Waals surface area contributed by atoms with Gasteiger partial charge in [-0.05, 0) is 73.5 Å². The molecule has 172 valence electrons. The van der Waals surface area contributed by atoms with Gasteiger partial charge in [-0.2, -0.15) is 5.10 Å². The van der Waals surface area contributed by atoms with Crippen molar-refractivity contribution in [1.29, 1.82) is 0 Å². The van der Waals surface area contributed by atoms with Gasteiger partial charge in [-0.3, -0.25) is 9.59 Å². The zero-order valence-electron chi connectivity index (χ0n) is 18.8. The predicted octanol–water partition coefficient (Wildman–Crippen LogP) is 4.37. The number of hydrogen-bond donors (Lipinski definition) is 2. The Labute approximate surface area is 195 Å². The molecule has 2 heterocycles. The standard InChI is InChI=1S/C25H22N4O5/c1-15-6-11-19(13-16(15)2)29-22(28-24(31)21-5-4-12-34-21)20(14-26-29)23(30)27-18-9-7-17(8-10-18)25(32)33-3/h4-14H,1-3H3,(H,27,30)(H,28,31). The molecule has 0 atom stereocenters. The van der Waals surface area contributed by atoms with Gasteiger partial charge < -0.3 is 19.8 Å². The number of rotatable bonds is 6. The second kappa shape index (κ2) is 9.45. The van der Waals surface area contributed by atoms with Crippen molar-refractivity contribution in [3.8, 4) is 5.69 Å². The molecule has 0 unspecified atom stereocenters. The highest BCUT2D eigenvalue weighted by Gasteiger charge is 2.22. The molecular weight excluding hydrogens is 436 g/mol. The molecule has 4 rings (SSSR count). The Balaban J connectivity index is 1.67. The number of carbonyl (C=O) groups excluding carboxylic acids is 3. The molecule has 0 aliphatic carbocycles. The number of aromatic nitrogens is 2. The molecule has 4 aromatic rings. The number of carbonyl (C=O) groups is 3. The average molecular weight is 458 g/mol. The Morgan fingerprint density at radius 2 is 1.71 bits per heavy atom. The van der Waals surface area contributed by atoms with Crippen LogP contribution in [0.3, 0.4) is 0 Å². The summed E-state index contributed by atoms with van der Waals surface area (Å²) in [5.74, 6) is -1.20. The van der Waals surface area contributed by atoms with Gasteiger partial charge >= 0.3 is 5.97 Å². The van der Waals surface area contributed by atoms with Crippen molar-refractivity contribution in [2.75, 3.05) is 17.7 Å². The van der Waals surface area contributed by atoms with Crippen molar-refractivity contribution >= 4 is 29.3 Å². The Kier molecular flexibility index (Phi) is 6.26. The van der Waals surface area contributed by atoms with Crippen molar-refractivity contribution in [2.45, 2.75) is 13.8 Å². The van der Waals surface area contributed by atoms with Gasteiger partial charge in [0.1, 0.15) is 11.4 Å². The molecule has 34 heavy (non-hydrogen) atoms. The summed E-state index contributed by atoms with van der Waals surface area (Å²) in [4.78, 5) is 37.5. The van der Waals surface area contributed by atoms with Crippen molar-refractivity contribution < 1.29 is 23.5 Å². The first-order valence-corrected chi connectivity index (χ1v) is 10.4. The number of benzene rings is 2. The van der Waals surface area contributed by atoms with E-state index in [1.807, 2.05) is 32.0 Å². The third-order valence-electron chi connectivity index (χ3n) is 5.29. The lowest BCUT2D eigenvalue weighted by atomic mass is 10.1. The second-order valence-electron chi connectivity index (χ2n) is 7.54. The lowest BCUT2D eigenvalue weighted by Crippen LogP contribution is -2.19. The first-order chi connectivity index (χ1) is 16.4. The summed E-state index contributed by atoms with van der Waals surface area (Å²) in [7, 11) is 1.30. The monoisotopic (exact) mass is 458 g/mol. The molecule has 2 N–H and O–H groups in total. The number of esters is 1. The molecule has 9 nitrogen and oxygen atoms in total. The fraction of sp³-hybridized carbons (Fsp3) is 0.120. The molecule has 2 amide bonds. The number of aryl methyl sites for hydroxylation is 2. The minimum Gasteiger partial charge on any atom is -0.465 e. The van der Waals surface area contributed by atoms with Crippen molar-refractivity contribution in [3.63, 3.8) is 0 Å². The summed E-state index contributed by atoms with van der Waals surface area (Å²) in [6.07, 6.45) is 2.77. The van der Waals surface area contributed by atoms with E-state index in [0.29, 0.717) is 16.9 Å². The van der Waals surface area contributed by atoms with E-state index in [1.54, 1.807) is 30.3 Å². The Morgan fingerprint density at radius 3 is 2.35 bits per heavy atom. The lowest BCUT2D eigenvalue weighted by molar-refractivity contribution is 0.0600. The van der Waals surface area contributed by atoms with E-state index in [4.69, 9.17) is 4.42 Å². The van der Waals surface area contributed by atoms with Crippen LogP contribution in [0.1, 0.15) is 42.4 Å². The zero-order valence-corrected chi connectivity index (χ0v) is 18.8. The molecule has 0 radical (unpaired) electrons. The van der Waals surface area contributed by atoms with Crippen LogP contribution in [-0.4, -0.2) is 34.7 Å². The highest BCUT2D eigenvalue weighted by atomic mass is 16.5. The van der Waals surface area contributed by atoms with Crippen LogP contribution in [0, 0.1) is 13.8 Å². The van der Waals surface area contributed by atoms with Crippen LogP contribution in [0.15, 0.2) is 71.5 Å². The maximum Gasteiger partial charge on any atom is 0.337 e. The molecule has 2 aromatic carbocycles. The summed E-state index contributed by atoms with van der Waals surface area (Å²) in [5, 5.41) is 9.85. The number of furan rings is 1. The van der Waals surface area contributed by atoms with Crippen LogP contribution in [0.4, 0.5) is 11.5 Å². The van der Waals surface area contributed by atoms with E-state index in [0.717, 1.165) is 11.1 Å². The molecule has 0 bridgehead atoms. The maximum absolute atomic E-state index is 13.1. The fourth-order valence-corrected chi connectivity index (χ4v) is 3.27. The molecule has 0 saturated carbocycles. The van der Waals surface area contributed by atoms with Crippen LogP contribution in [0.25, 0.3) is 5.69 Å². The quantitative estimate of drug-likeness (QED) is 0.415. The highest BCUT2D eigenvalue weighted by Crippen LogP contribution is 2.24. The fourth-order valence-electron chi connectivity index (χ4n) is 3.27. The summed E-state index contributed by atoms with van der Waals surface area (Å²) in [6.45, 7) is 3.96. The summed E-state index contributed by atoms with van der Waals surface area (Å²) >= 11 is 0. The SMILES string of the molecule is COC(=O)c1ccc(NC(=O)c2cnn(-c3ccc(C)c(C)c3)c2NC(=O)c2ccco2)cc1. The van der Waals surface area contributed by atoms with Crippen molar-refractivity contribution in [1.82, 2.24) is 9.78 Å². The number of nitrogens with zero attached hydrogens (tertiary/aromatic N) is 2. The molecule has 0 aliphatic heterocycles. The summed E-state index contributed by atoms with van der Waals surface area (Å²) in [5.41, 5.74) is 3.78. The highest BCUT2D eigenvalue weighted by molar-refractivity contribution is 6.11. The van der Waals surface area contributed by atoms with E-state index in [9.17, 15) is 14.4 Å². The normalized spacial score (nSPS) is 10.6. The summed E-state index contributed by atoms with van der Waals surface area (Å²) < 4.78 is 11.4. The Hall–Kier alpha value is -4.66. The number of methoxy groups -OCH3 is 1. The van der Waals surface area contributed by atoms with E-state index in [1.165, 1.54) is 30.3 Å². The van der Waals surface area contributed by atoms with E-state index in [2.05, 4.69) is 20.5 Å². The van der Waals surface area contributed by atoms with Gasteiger partial charge in [-0.25, -0.2) is 9.48 Å². The Bertz CT molecular complexity index is 1350. The third kappa shape index (κ3) is 4.58. The molecular formula is C25H22N4O5. The number of amides is 2. The second-order valence-corrected chi connectivity index (χ2v) is 7.54. The average Bonchev–Trinajstić information content (AvgIpc) is 3.51. The first-order valence-electron chi connectivity index (χ1n) is 10.4. The van der Waals surface area contributed by atoms with Crippen molar-refractivity contribution in [3.05, 3.63) is 95.1 Å². The molecule has 0 spiro atoms. The van der Waals surface area contributed by atoms with Crippen LogP contribution in [0.5, 0.6) is 0 Å². The van der Waals surface area contributed by atoms with Gasteiger partial charge in [0, 0.05) is 5.69 Å². The van der Waals surface area contributed by atoms with Gasteiger partial charge in [0.05, 0.1) is 30.8 Å². The molecule has 9 heteroatoms. The molecule has 0 saturated heterocycles. The topological polar surface area (TPSA) is 115 Å². The van der Waals surface area contributed by atoms with Crippen LogP contribution < -0.4 is 10.6 Å². The third-order valence-corrected chi connectivity index (χ3v) is 5.29. The number of hydrogen-bond acceptors (Lipinski definition) is 6. The molecule has 0 fully saturated rings. The summed E-state index contributed by atoms with van der Waals surface area (Å²) in [6, 6.07) is 15.1. The van der Waals surface area contributed by atoms with E-state index < -0.39 is 17.8 Å². The number of anilines is 2. The van der Waals surface area contributed by atoms with Gasteiger partial charge in [0.25, 0.3) is 11.8 Å². The molecule has 0 aliphatic rings. The molecule has 2 aromatic heterocycles. The zero-order chi connectivity index (χ0) is 24.2. The van der Waals surface area contributed by atoms with Gasteiger partial charge in [0.2, 0.25) is 0 Å². The number of nitrogens with one attached hydrogen (secondary N) is 2. The minimum atomic E-state index is -0.521. The first kappa shape index (κ1) is 22.5. The number of ether oxygens (including phenoxy) is 1. The lowest BCUT2D eigenvalue weighted by Gasteiger charge is -2.12. The van der Waals surface area contributed by atoms with Crippen LogP contribution in [-0.2, 0) is 4.74 Å². The van der Waals surface area contributed by atoms with Gasteiger partial charge in [-0.15, -0.1) is 0 Å². The van der Waals surface area contributed by atoms with Crippen LogP contribution in [0.2, 0.25) is 0 Å². The van der Waals surface area contributed by atoms with Crippen LogP contribution >= 0.6 is 0 Å². The van der Waals surface area contributed by atoms with Crippen molar-refractivity contribution in [2.24, 2.45) is 0 Å². The predicted molar refractivity (Wildman–Crippen MR) is 125 cm³/mol. The van der Waals surface area contributed by atoms with Gasteiger partial charge in [-0.1, -0.05) is 6.07 Å². The maximum atomic E-state index is 13.1. The smallest absolute Gasteiger partial charge is 0.337 e. The minimum absolute atomic E-state index is 0.0950.